The third kappa shape index (κ3) is 3.46. The molecule has 0 bridgehead atoms. The Labute approximate surface area is 170 Å². The lowest BCUT2D eigenvalue weighted by Crippen LogP contribution is -2.12. The van der Waals surface area contributed by atoms with E-state index in [1.54, 1.807) is 49.4 Å². The number of anilines is 1. The van der Waals surface area contributed by atoms with Gasteiger partial charge >= 0.3 is 0 Å². The Balaban J connectivity index is 1.66. The number of nitrogens with zero attached hydrogens (tertiary/aromatic N) is 1. The van der Waals surface area contributed by atoms with Crippen molar-refractivity contribution in [3.63, 3.8) is 0 Å². The molecule has 1 aromatic heterocycles. The fraction of sp³-hybridized carbons (Fsp3) is 0.0476. The van der Waals surface area contributed by atoms with Crippen molar-refractivity contribution in [2.24, 2.45) is 0 Å². The summed E-state index contributed by atoms with van der Waals surface area (Å²) in [5.74, 6) is -0.0974. The minimum Gasteiger partial charge on any atom is -0.338 e. The second-order valence-corrected chi connectivity index (χ2v) is 7.15. The number of aryl methyl sites for hydroxylation is 1. The van der Waals surface area contributed by atoms with Gasteiger partial charge < -0.3 is 10.3 Å². The number of hydrogen-bond donors (Lipinski definition) is 2. The van der Waals surface area contributed by atoms with E-state index in [-0.39, 0.29) is 11.7 Å². The zero-order valence-electron chi connectivity index (χ0n) is 14.7. The predicted octanol–water partition coefficient (Wildman–Crippen LogP) is 6.24. The van der Waals surface area contributed by atoms with E-state index >= 15 is 0 Å². The quantitative estimate of drug-likeness (QED) is 0.417. The molecule has 0 aliphatic heterocycles. The summed E-state index contributed by atoms with van der Waals surface area (Å²) in [6.07, 6.45) is 0. The number of rotatable bonds is 3. The Morgan fingerprint density at radius 2 is 1.82 bits per heavy atom. The zero-order valence-corrected chi connectivity index (χ0v) is 16.2. The first-order chi connectivity index (χ1) is 13.4. The number of amides is 1. The van der Waals surface area contributed by atoms with E-state index in [9.17, 15) is 9.18 Å². The van der Waals surface area contributed by atoms with Crippen molar-refractivity contribution in [2.75, 3.05) is 5.32 Å². The molecule has 0 aliphatic carbocycles. The van der Waals surface area contributed by atoms with Crippen LogP contribution >= 0.6 is 23.2 Å². The molecule has 0 aliphatic rings. The minimum atomic E-state index is -0.317. The minimum absolute atomic E-state index is 0.306. The standard InChI is InChI=1S/C21H14Cl2FN3O/c1-11-9-13(6-7-16(11)24)25-21(28)12-5-8-17-18(10-12)27-20(26-17)19-14(22)3-2-4-15(19)23/h2-10H,1H3,(H,25,28)(H,26,27). The number of nitrogens with one attached hydrogen (secondary N) is 2. The second kappa shape index (κ2) is 7.26. The monoisotopic (exact) mass is 413 g/mol. The zero-order chi connectivity index (χ0) is 19.8. The molecule has 7 heteroatoms. The smallest absolute Gasteiger partial charge is 0.255 e. The van der Waals surface area contributed by atoms with Crippen LogP contribution in [0, 0.1) is 12.7 Å². The molecule has 0 saturated heterocycles. The number of aromatic amines is 1. The first-order valence-corrected chi connectivity index (χ1v) is 9.19. The van der Waals surface area contributed by atoms with E-state index in [0.717, 1.165) is 0 Å². The highest BCUT2D eigenvalue weighted by molar-refractivity contribution is 6.39. The maximum atomic E-state index is 13.4. The molecule has 1 heterocycles. The van der Waals surface area contributed by atoms with Crippen LogP contribution in [0.2, 0.25) is 10.0 Å². The summed E-state index contributed by atoms with van der Waals surface area (Å²) in [7, 11) is 0. The van der Waals surface area contributed by atoms with Crippen molar-refractivity contribution in [3.8, 4) is 11.4 Å². The Bertz CT molecular complexity index is 1200. The molecule has 28 heavy (non-hydrogen) atoms. The van der Waals surface area contributed by atoms with Gasteiger partial charge in [-0.3, -0.25) is 4.79 Å². The maximum Gasteiger partial charge on any atom is 0.255 e. The summed E-state index contributed by atoms with van der Waals surface area (Å²) in [6.45, 7) is 1.64. The number of carbonyl (C=O) groups is 1. The van der Waals surface area contributed by atoms with Crippen molar-refractivity contribution < 1.29 is 9.18 Å². The summed E-state index contributed by atoms with van der Waals surface area (Å²) in [4.78, 5) is 20.2. The number of carbonyl (C=O) groups excluding carboxylic acids is 1. The van der Waals surface area contributed by atoms with Crippen molar-refractivity contribution in [3.05, 3.63) is 81.6 Å². The van der Waals surface area contributed by atoms with Gasteiger partial charge in [0.15, 0.2) is 0 Å². The van der Waals surface area contributed by atoms with E-state index in [1.807, 2.05) is 0 Å². The molecule has 3 aromatic carbocycles. The van der Waals surface area contributed by atoms with Crippen LogP contribution in [-0.4, -0.2) is 15.9 Å². The number of halogens is 3. The Kier molecular flexibility index (Phi) is 4.79. The summed E-state index contributed by atoms with van der Waals surface area (Å²) in [5, 5.41) is 3.73. The lowest BCUT2D eigenvalue weighted by molar-refractivity contribution is 0.102. The van der Waals surface area contributed by atoms with E-state index in [4.69, 9.17) is 23.2 Å². The van der Waals surface area contributed by atoms with Gasteiger partial charge in [0.1, 0.15) is 11.6 Å². The number of hydrogen-bond acceptors (Lipinski definition) is 2. The van der Waals surface area contributed by atoms with E-state index in [2.05, 4.69) is 15.3 Å². The SMILES string of the molecule is Cc1cc(NC(=O)c2ccc3nc(-c4c(Cl)cccc4Cl)[nH]c3c2)ccc1F. The van der Waals surface area contributed by atoms with Crippen LogP contribution in [0.4, 0.5) is 10.1 Å². The molecule has 0 unspecified atom stereocenters. The number of imidazole rings is 1. The van der Waals surface area contributed by atoms with Crippen LogP contribution < -0.4 is 5.32 Å². The third-order valence-corrected chi connectivity index (χ3v) is 4.99. The van der Waals surface area contributed by atoms with E-state index in [1.165, 1.54) is 12.1 Å². The molecular formula is C21H14Cl2FN3O. The van der Waals surface area contributed by atoms with Gasteiger partial charge in [0.25, 0.3) is 5.91 Å². The summed E-state index contributed by atoms with van der Waals surface area (Å²) >= 11 is 12.5. The highest BCUT2D eigenvalue weighted by Gasteiger charge is 2.14. The van der Waals surface area contributed by atoms with Crippen LogP contribution in [0.3, 0.4) is 0 Å². The second-order valence-electron chi connectivity index (χ2n) is 6.33. The first kappa shape index (κ1) is 18.5. The van der Waals surface area contributed by atoms with Crippen molar-refractivity contribution in [1.29, 1.82) is 0 Å². The lowest BCUT2D eigenvalue weighted by atomic mass is 10.1. The number of fused-ring (bicyclic) bond motifs is 1. The molecule has 4 aromatic rings. The fourth-order valence-corrected chi connectivity index (χ4v) is 3.50. The molecular weight excluding hydrogens is 400 g/mol. The van der Waals surface area contributed by atoms with Crippen molar-refractivity contribution in [1.82, 2.24) is 9.97 Å². The van der Waals surface area contributed by atoms with Gasteiger partial charge in [-0.15, -0.1) is 0 Å². The van der Waals surface area contributed by atoms with Gasteiger partial charge in [-0.25, -0.2) is 9.37 Å². The van der Waals surface area contributed by atoms with Gasteiger partial charge in [-0.2, -0.15) is 0 Å². The number of benzene rings is 3. The van der Waals surface area contributed by atoms with Gasteiger partial charge in [0.2, 0.25) is 0 Å². The Morgan fingerprint density at radius 3 is 2.54 bits per heavy atom. The van der Waals surface area contributed by atoms with E-state index in [0.29, 0.717) is 49.3 Å². The number of H-pyrrole nitrogens is 1. The molecule has 4 rings (SSSR count). The van der Waals surface area contributed by atoms with E-state index < -0.39 is 0 Å². The fourth-order valence-electron chi connectivity index (χ4n) is 2.92. The molecule has 140 valence electrons. The molecule has 0 radical (unpaired) electrons. The highest BCUT2D eigenvalue weighted by atomic mass is 35.5. The molecule has 2 N–H and O–H groups in total. The van der Waals surface area contributed by atoms with Gasteiger partial charge in [0.05, 0.1) is 26.6 Å². The average molecular weight is 414 g/mol. The highest BCUT2D eigenvalue weighted by Crippen LogP contribution is 2.34. The lowest BCUT2D eigenvalue weighted by Gasteiger charge is -2.06. The third-order valence-electron chi connectivity index (χ3n) is 4.36. The predicted molar refractivity (Wildman–Crippen MR) is 111 cm³/mol. The largest absolute Gasteiger partial charge is 0.338 e. The Morgan fingerprint density at radius 1 is 1.07 bits per heavy atom. The van der Waals surface area contributed by atoms with Gasteiger partial charge in [-0.05, 0) is 61.0 Å². The van der Waals surface area contributed by atoms with Crippen LogP contribution in [0.5, 0.6) is 0 Å². The first-order valence-electron chi connectivity index (χ1n) is 8.44. The van der Waals surface area contributed by atoms with Crippen LogP contribution in [0.25, 0.3) is 22.4 Å². The maximum absolute atomic E-state index is 13.4. The summed E-state index contributed by atoms with van der Waals surface area (Å²) in [6, 6.07) is 14.8. The summed E-state index contributed by atoms with van der Waals surface area (Å²) in [5.41, 5.74) is 3.39. The summed E-state index contributed by atoms with van der Waals surface area (Å²) < 4.78 is 13.4. The Hall–Kier alpha value is -2.89. The topological polar surface area (TPSA) is 57.8 Å². The van der Waals surface area contributed by atoms with Crippen LogP contribution in [0.15, 0.2) is 54.6 Å². The van der Waals surface area contributed by atoms with Gasteiger partial charge in [0, 0.05) is 11.3 Å². The molecule has 0 fully saturated rings. The molecule has 1 amide bonds. The van der Waals surface area contributed by atoms with Crippen LogP contribution in [0.1, 0.15) is 15.9 Å². The van der Waals surface area contributed by atoms with Gasteiger partial charge in [-0.1, -0.05) is 29.3 Å². The molecule has 0 spiro atoms. The molecule has 0 atom stereocenters. The van der Waals surface area contributed by atoms with Crippen molar-refractivity contribution >= 4 is 45.8 Å². The molecule has 0 saturated carbocycles. The normalized spacial score (nSPS) is 11.0. The molecule has 4 nitrogen and oxygen atoms in total. The van der Waals surface area contributed by atoms with Crippen LogP contribution in [-0.2, 0) is 0 Å². The number of aromatic nitrogens is 2. The average Bonchev–Trinajstić information content (AvgIpc) is 3.07. The van der Waals surface area contributed by atoms with Crippen molar-refractivity contribution in [2.45, 2.75) is 6.92 Å².